The Balaban J connectivity index is 3.07. The smallest absolute Gasteiger partial charge is 0.409 e. The summed E-state index contributed by atoms with van der Waals surface area (Å²) in [5.41, 5.74) is 4.73. The Morgan fingerprint density at radius 3 is 2.44 bits per heavy atom. The summed E-state index contributed by atoms with van der Waals surface area (Å²) in [6.07, 6.45) is -0.998. The molecular weight excluding hydrogens is 256 g/mol. The highest BCUT2D eigenvalue weighted by Gasteiger charge is 2.19. The Morgan fingerprint density at radius 1 is 1.33 bits per heavy atom. The maximum absolute atomic E-state index is 12.0. The molecule has 1 aromatic rings. The lowest BCUT2D eigenvalue weighted by Gasteiger charge is -2.21. The second-order valence-corrected chi connectivity index (χ2v) is 5.20. The van der Waals surface area contributed by atoms with E-state index < -0.39 is 11.6 Å². The van der Waals surface area contributed by atoms with Gasteiger partial charge in [0.15, 0.2) is 0 Å². The maximum atomic E-state index is 12.0. The van der Waals surface area contributed by atoms with Gasteiger partial charge in [-0.05, 0) is 32.9 Å². The van der Waals surface area contributed by atoms with Gasteiger partial charge in [-0.15, -0.1) is 0 Å². The van der Waals surface area contributed by atoms with Gasteiger partial charge >= 0.3 is 6.09 Å². The van der Waals surface area contributed by atoms with Crippen molar-refractivity contribution in [2.45, 2.75) is 26.3 Å². The van der Waals surface area contributed by atoms with Crippen LogP contribution in [0.15, 0.2) is 18.2 Å². The highest BCUT2D eigenvalue weighted by atomic mass is 35.5. The molecule has 0 heterocycles. The number of halogens is 1. The molecule has 0 unspecified atom stereocenters. The molecule has 18 heavy (non-hydrogen) atoms. The number of nitrogens with two attached hydrogens (primary N) is 1. The highest BCUT2D eigenvalue weighted by Crippen LogP contribution is 2.24. The minimum absolute atomic E-state index is 0.0387. The van der Waals surface area contributed by atoms with Crippen molar-refractivity contribution in [2.24, 2.45) is 5.73 Å². The second-order valence-electron chi connectivity index (χ2n) is 4.77. The lowest BCUT2D eigenvalue weighted by Crippen LogP contribution is -2.40. The summed E-state index contributed by atoms with van der Waals surface area (Å²) in [5.74, 6) is -0.327. The summed E-state index contributed by atoms with van der Waals surface area (Å²) in [4.78, 5) is 22.8. The van der Waals surface area contributed by atoms with E-state index in [2.05, 4.69) is 5.32 Å². The Bertz CT molecular complexity index is 481. The van der Waals surface area contributed by atoms with Gasteiger partial charge in [0, 0.05) is 16.6 Å². The molecule has 0 spiro atoms. The summed E-state index contributed by atoms with van der Waals surface area (Å²) < 4.78 is 4.76. The van der Waals surface area contributed by atoms with Crippen molar-refractivity contribution >= 4 is 23.6 Å². The third-order valence-electron chi connectivity index (χ3n) is 1.89. The van der Waals surface area contributed by atoms with Crippen LogP contribution in [0.25, 0.3) is 0 Å². The first kappa shape index (κ1) is 14.3. The van der Waals surface area contributed by atoms with Gasteiger partial charge < -0.3 is 15.8 Å². The van der Waals surface area contributed by atoms with Crippen LogP contribution in [0.3, 0.4) is 0 Å². The fraction of sp³-hybridized carbons (Fsp3) is 0.333. The fourth-order valence-corrected chi connectivity index (χ4v) is 1.45. The molecule has 0 bridgehead atoms. The van der Waals surface area contributed by atoms with E-state index in [1.165, 1.54) is 18.2 Å². The third kappa shape index (κ3) is 4.25. The number of hydrogen-bond acceptors (Lipinski definition) is 3. The van der Waals surface area contributed by atoms with Crippen LogP contribution >= 0.6 is 11.6 Å². The van der Waals surface area contributed by atoms with Crippen LogP contribution in [0.4, 0.5) is 4.79 Å². The van der Waals surface area contributed by atoms with Crippen LogP contribution in [0, 0.1) is 0 Å². The number of carbonyl (C=O) groups is 2. The van der Waals surface area contributed by atoms with Crippen LogP contribution in [0.1, 0.15) is 31.1 Å². The molecule has 1 rings (SSSR count). The Hall–Kier alpha value is -1.75. The molecule has 0 aliphatic rings. The van der Waals surface area contributed by atoms with Crippen molar-refractivity contribution in [2.75, 3.05) is 0 Å². The summed E-state index contributed by atoms with van der Waals surface area (Å²) in [6.45, 7) is 5.53. The van der Waals surface area contributed by atoms with Crippen LogP contribution < -0.4 is 15.8 Å². The van der Waals surface area contributed by atoms with Crippen molar-refractivity contribution in [3.8, 4) is 5.75 Å². The highest BCUT2D eigenvalue weighted by molar-refractivity contribution is 6.30. The van der Waals surface area contributed by atoms with E-state index >= 15 is 0 Å². The molecule has 6 heteroatoms. The molecular formula is C12H15ClN2O3. The average molecular weight is 271 g/mol. The molecule has 0 radical (unpaired) electrons. The average Bonchev–Trinajstić information content (AvgIpc) is 2.13. The predicted octanol–water partition coefficient (Wildman–Crippen LogP) is 2.33. The van der Waals surface area contributed by atoms with Crippen LogP contribution in [0.2, 0.25) is 5.02 Å². The first-order valence-corrected chi connectivity index (χ1v) is 5.66. The third-order valence-corrected chi connectivity index (χ3v) is 2.12. The topological polar surface area (TPSA) is 81.4 Å². The molecule has 0 aromatic heterocycles. The number of rotatable bonds is 2. The Morgan fingerprint density at radius 2 is 1.94 bits per heavy atom. The summed E-state index contributed by atoms with van der Waals surface area (Å²) in [5, 5.41) is 3.10. The van der Waals surface area contributed by atoms with E-state index in [0.29, 0.717) is 5.02 Å². The quantitative estimate of drug-likeness (QED) is 0.865. The van der Waals surface area contributed by atoms with E-state index in [0.717, 1.165) is 0 Å². The molecule has 0 aliphatic heterocycles. The van der Waals surface area contributed by atoms with E-state index in [1.807, 2.05) is 20.8 Å². The molecule has 1 aromatic carbocycles. The monoisotopic (exact) mass is 270 g/mol. The first-order chi connectivity index (χ1) is 8.19. The molecule has 0 saturated heterocycles. The lowest BCUT2D eigenvalue weighted by atomic mass is 10.1. The number of nitrogens with one attached hydrogen (secondary N) is 1. The normalized spacial score (nSPS) is 10.9. The van der Waals surface area contributed by atoms with Gasteiger partial charge in [0.2, 0.25) is 0 Å². The van der Waals surface area contributed by atoms with Crippen molar-refractivity contribution in [1.82, 2.24) is 5.32 Å². The summed E-state index contributed by atoms with van der Waals surface area (Å²) in [6, 6.07) is 4.37. The molecule has 2 amide bonds. The van der Waals surface area contributed by atoms with Gasteiger partial charge in [0.05, 0.1) is 5.56 Å². The van der Waals surface area contributed by atoms with E-state index in [1.54, 1.807) is 0 Å². The number of carbonyl (C=O) groups excluding carboxylic acids is 2. The van der Waals surface area contributed by atoms with Crippen LogP contribution in [0.5, 0.6) is 5.75 Å². The molecule has 0 fully saturated rings. The van der Waals surface area contributed by atoms with Crippen LogP contribution in [-0.4, -0.2) is 17.5 Å². The Kier molecular flexibility index (Phi) is 4.19. The van der Waals surface area contributed by atoms with Crippen LogP contribution in [-0.2, 0) is 0 Å². The molecule has 0 saturated carbocycles. The SMILES string of the molecule is CC(C)(C)NC(=O)c1ccc(Cl)cc1OC(N)=O. The van der Waals surface area contributed by atoms with Gasteiger partial charge in [0.25, 0.3) is 5.91 Å². The van der Waals surface area contributed by atoms with Crippen molar-refractivity contribution in [3.63, 3.8) is 0 Å². The Labute approximate surface area is 110 Å². The molecule has 0 aliphatic carbocycles. The summed E-state index contributed by atoms with van der Waals surface area (Å²) >= 11 is 5.77. The first-order valence-electron chi connectivity index (χ1n) is 5.28. The maximum Gasteiger partial charge on any atom is 0.409 e. The van der Waals surface area contributed by atoms with E-state index in [4.69, 9.17) is 22.1 Å². The standard InChI is InChI=1S/C12H15ClN2O3/c1-12(2,3)15-10(16)8-5-4-7(13)6-9(8)18-11(14)17/h4-6H,1-3H3,(H2,14,17)(H,15,16). The van der Waals surface area contributed by atoms with Gasteiger partial charge in [-0.1, -0.05) is 11.6 Å². The summed E-state index contributed by atoms with van der Waals surface area (Å²) in [7, 11) is 0. The van der Waals surface area contributed by atoms with E-state index in [9.17, 15) is 9.59 Å². The molecule has 98 valence electrons. The lowest BCUT2D eigenvalue weighted by molar-refractivity contribution is 0.0917. The van der Waals surface area contributed by atoms with Gasteiger partial charge in [0.1, 0.15) is 5.75 Å². The number of benzene rings is 1. The van der Waals surface area contributed by atoms with Gasteiger partial charge in [-0.25, -0.2) is 4.79 Å². The molecule has 0 atom stereocenters. The number of ether oxygens (including phenoxy) is 1. The number of primary amides is 1. The minimum atomic E-state index is -0.998. The predicted molar refractivity (Wildman–Crippen MR) is 68.9 cm³/mol. The largest absolute Gasteiger partial charge is 0.410 e. The zero-order valence-electron chi connectivity index (χ0n) is 10.4. The number of amides is 2. The van der Waals surface area contributed by atoms with Crippen molar-refractivity contribution in [1.29, 1.82) is 0 Å². The minimum Gasteiger partial charge on any atom is -0.410 e. The van der Waals surface area contributed by atoms with Gasteiger partial charge in [-0.2, -0.15) is 0 Å². The van der Waals surface area contributed by atoms with Gasteiger partial charge in [-0.3, -0.25) is 4.79 Å². The zero-order valence-corrected chi connectivity index (χ0v) is 11.2. The second kappa shape index (κ2) is 5.27. The fourth-order valence-electron chi connectivity index (χ4n) is 1.28. The van der Waals surface area contributed by atoms with E-state index in [-0.39, 0.29) is 17.2 Å². The number of hydrogen-bond donors (Lipinski definition) is 2. The zero-order chi connectivity index (χ0) is 13.9. The molecule has 3 N–H and O–H groups in total. The van der Waals surface area contributed by atoms with Crippen molar-refractivity contribution < 1.29 is 14.3 Å². The van der Waals surface area contributed by atoms with Crippen molar-refractivity contribution in [3.05, 3.63) is 28.8 Å². The molecule has 5 nitrogen and oxygen atoms in total.